The van der Waals surface area contributed by atoms with Gasteiger partial charge in [0.05, 0.1) is 6.04 Å². The summed E-state index contributed by atoms with van der Waals surface area (Å²) in [6, 6.07) is 2.81. The van der Waals surface area contributed by atoms with Crippen molar-refractivity contribution in [2.75, 3.05) is 13.6 Å². The molecule has 1 saturated carbocycles. The minimum atomic E-state index is 0.223. The predicted molar refractivity (Wildman–Crippen MR) is 83.0 cm³/mol. The lowest BCUT2D eigenvalue weighted by atomic mass is 9.84. The van der Waals surface area contributed by atoms with Gasteiger partial charge in [-0.05, 0) is 54.2 Å². The number of hydrogen-bond acceptors (Lipinski definition) is 3. The fourth-order valence-corrected chi connectivity index (χ4v) is 4.34. The van der Waals surface area contributed by atoms with Gasteiger partial charge in [0.25, 0.3) is 0 Å². The molecule has 1 fully saturated rings. The second kappa shape index (κ2) is 6.51. The van der Waals surface area contributed by atoms with E-state index in [1.54, 1.807) is 0 Å². The van der Waals surface area contributed by atoms with Crippen molar-refractivity contribution in [2.24, 2.45) is 11.7 Å². The van der Waals surface area contributed by atoms with Gasteiger partial charge in [-0.3, -0.25) is 4.90 Å². The Hall–Kier alpha value is 0.1000. The Bertz CT molecular complexity index is 376. The van der Waals surface area contributed by atoms with Gasteiger partial charge < -0.3 is 5.73 Å². The Kier molecular flexibility index (Phi) is 5.24. The molecule has 0 amide bonds. The van der Waals surface area contributed by atoms with E-state index in [-0.39, 0.29) is 6.04 Å². The summed E-state index contributed by atoms with van der Waals surface area (Å²) in [6.07, 6.45) is 5.22. The van der Waals surface area contributed by atoms with Crippen molar-refractivity contribution < 1.29 is 0 Å². The molecule has 2 rings (SSSR count). The molecule has 1 aromatic heterocycles. The van der Waals surface area contributed by atoms with Gasteiger partial charge in [-0.1, -0.05) is 13.3 Å². The summed E-state index contributed by atoms with van der Waals surface area (Å²) >= 11 is 5.36. The first-order valence-electron chi connectivity index (χ1n) is 6.81. The molecule has 1 aliphatic rings. The highest BCUT2D eigenvalue weighted by atomic mass is 79.9. The van der Waals surface area contributed by atoms with Crippen molar-refractivity contribution in [1.82, 2.24) is 4.90 Å². The number of likely N-dealkylation sites (N-methyl/N-ethyl adjacent to an activating group) is 1. The first kappa shape index (κ1) is 14.5. The molecule has 2 atom stereocenters. The molecular weight excluding hydrogens is 308 g/mol. The molecule has 1 heterocycles. The van der Waals surface area contributed by atoms with Crippen LogP contribution in [0.5, 0.6) is 0 Å². The van der Waals surface area contributed by atoms with Crippen molar-refractivity contribution in [1.29, 1.82) is 0 Å². The molecule has 1 aliphatic carbocycles. The molecule has 0 bridgehead atoms. The van der Waals surface area contributed by atoms with E-state index in [1.165, 1.54) is 35.2 Å². The lowest BCUT2D eigenvalue weighted by molar-refractivity contribution is 0.146. The quantitative estimate of drug-likeness (QED) is 0.853. The fourth-order valence-electron chi connectivity index (χ4n) is 2.66. The third-order valence-corrected chi connectivity index (χ3v) is 5.77. The SMILES string of the molecule is CCC(N)C(c1cc(Br)cs1)N(C)CC1CCC1. The molecule has 2 unspecified atom stereocenters. The smallest absolute Gasteiger partial charge is 0.0591 e. The van der Waals surface area contributed by atoms with Gasteiger partial charge in [0.15, 0.2) is 0 Å². The van der Waals surface area contributed by atoms with Crippen LogP contribution < -0.4 is 5.73 Å². The Morgan fingerprint density at radius 2 is 2.28 bits per heavy atom. The first-order chi connectivity index (χ1) is 8.61. The van der Waals surface area contributed by atoms with Gasteiger partial charge in [-0.25, -0.2) is 0 Å². The predicted octanol–water partition coefficient (Wildman–Crippen LogP) is 4.02. The summed E-state index contributed by atoms with van der Waals surface area (Å²) in [5, 5.41) is 2.15. The number of hydrogen-bond donors (Lipinski definition) is 1. The molecule has 0 aromatic carbocycles. The minimum Gasteiger partial charge on any atom is -0.326 e. The van der Waals surface area contributed by atoms with Crippen LogP contribution in [0.25, 0.3) is 0 Å². The maximum absolute atomic E-state index is 6.34. The summed E-state index contributed by atoms with van der Waals surface area (Å²) in [5.41, 5.74) is 6.34. The number of rotatable bonds is 6. The number of thiophene rings is 1. The number of nitrogens with two attached hydrogens (primary N) is 1. The van der Waals surface area contributed by atoms with E-state index in [9.17, 15) is 0 Å². The highest BCUT2D eigenvalue weighted by Crippen LogP contribution is 2.34. The summed E-state index contributed by atoms with van der Waals surface area (Å²) in [7, 11) is 2.23. The van der Waals surface area contributed by atoms with E-state index < -0.39 is 0 Å². The van der Waals surface area contributed by atoms with Crippen LogP contribution in [0.3, 0.4) is 0 Å². The highest BCUT2D eigenvalue weighted by molar-refractivity contribution is 9.10. The Morgan fingerprint density at radius 3 is 2.72 bits per heavy atom. The largest absolute Gasteiger partial charge is 0.326 e. The molecule has 0 spiro atoms. The van der Waals surface area contributed by atoms with Crippen LogP contribution in [0.1, 0.15) is 43.5 Å². The average Bonchev–Trinajstić information content (AvgIpc) is 2.70. The van der Waals surface area contributed by atoms with Gasteiger partial charge >= 0.3 is 0 Å². The van der Waals surface area contributed by atoms with Gasteiger partial charge in [0, 0.05) is 27.3 Å². The van der Waals surface area contributed by atoms with Crippen LogP contribution in [0.15, 0.2) is 15.9 Å². The molecular formula is C14H23BrN2S. The van der Waals surface area contributed by atoms with Crippen molar-refractivity contribution in [2.45, 2.75) is 44.7 Å². The highest BCUT2D eigenvalue weighted by Gasteiger charge is 2.28. The molecule has 0 saturated heterocycles. The molecule has 0 radical (unpaired) electrons. The van der Waals surface area contributed by atoms with Gasteiger partial charge in [0.2, 0.25) is 0 Å². The van der Waals surface area contributed by atoms with Crippen LogP contribution in [0.2, 0.25) is 0 Å². The fraction of sp³-hybridized carbons (Fsp3) is 0.714. The molecule has 102 valence electrons. The maximum Gasteiger partial charge on any atom is 0.0591 e. The van der Waals surface area contributed by atoms with E-state index in [1.807, 2.05) is 11.3 Å². The first-order valence-corrected chi connectivity index (χ1v) is 8.48. The van der Waals surface area contributed by atoms with E-state index in [4.69, 9.17) is 5.73 Å². The Morgan fingerprint density at radius 1 is 1.56 bits per heavy atom. The van der Waals surface area contributed by atoms with Crippen LogP contribution in [-0.4, -0.2) is 24.5 Å². The zero-order chi connectivity index (χ0) is 13.1. The molecule has 1 aromatic rings. The van der Waals surface area contributed by atoms with Crippen molar-refractivity contribution in [3.05, 3.63) is 20.8 Å². The van der Waals surface area contributed by atoms with Crippen LogP contribution in [0.4, 0.5) is 0 Å². The van der Waals surface area contributed by atoms with Gasteiger partial charge in [-0.15, -0.1) is 11.3 Å². The molecule has 4 heteroatoms. The van der Waals surface area contributed by atoms with Gasteiger partial charge in [0.1, 0.15) is 0 Å². The Labute approximate surface area is 123 Å². The second-order valence-corrected chi connectivity index (χ2v) is 7.28. The standard InChI is InChI=1S/C14H23BrN2S/c1-3-12(16)14(13-7-11(15)9-18-13)17(2)8-10-5-4-6-10/h7,9-10,12,14H,3-6,8,16H2,1-2H3. The van der Waals surface area contributed by atoms with E-state index in [0.717, 1.165) is 12.3 Å². The minimum absolute atomic E-state index is 0.223. The number of halogens is 1. The average molecular weight is 331 g/mol. The Balaban J connectivity index is 2.08. The van der Waals surface area contributed by atoms with Crippen LogP contribution in [0, 0.1) is 5.92 Å². The molecule has 0 aliphatic heterocycles. The monoisotopic (exact) mass is 330 g/mol. The summed E-state index contributed by atoms with van der Waals surface area (Å²) in [5.74, 6) is 0.893. The van der Waals surface area contributed by atoms with Gasteiger partial charge in [-0.2, -0.15) is 0 Å². The third kappa shape index (κ3) is 3.35. The zero-order valence-electron chi connectivity index (χ0n) is 11.2. The normalized spacial score (nSPS) is 19.8. The molecule has 2 nitrogen and oxygen atoms in total. The summed E-state index contributed by atoms with van der Waals surface area (Å²) < 4.78 is 1.17. The van der Waals surface area contributed by atoms with E-state index in [2.05, 4.69) is 46.2 Å². The lowest BCUT2D eigenvalue weighted by Crippen LogP contribution is -2.41. The topological polar surface area (TPSA) is 29.3 Å². The molecule has 18 heavy (non-hydrogen) atoms. The van der Waals surface area contributed by atoms with Crippen LogP contribution in [-0.2, 0) is 0 Å². The van der Waals surface area contributed by atoms with Crippen molar-refractivity contribution >= 4 is 27.3 Å². The zero-order valence-corrected chi connectivity index (χ0v) is 13.6. The third-order valence-electron chi connectivity index (χ3n) is 4.00. The molecule has 2 N–H and O–H groups in total. The number of nitrogens with zero attached hydrogens (tertiary/aromatic N) is 1. The maximum atomic E-state index is 6.34. The lowest BCUT2D eigenvalue weighted by Gasteiger charge is -2.36. The van der Waals surface area contributed by atoms with Crippen LogP contribution >= 0.6 is 27.3 Å². The van der Waals surface area contributed by atoms with E-state index in [0.29, 0.717) is 6.04 Å². The summed E-state index contributed by atoms with van der Waals surface area (Å²) in [6.45, 7) is 3.37. The van der Waals surface area contributed by atoms with E-state index >= 15 is 0 Å². The second-order valence-electron chi connectivity index (χ2n) is 5.42. The van der Waals surface area contributed by atoms with Crippen molar-refractivity contribution in [3.63, 3.8) is 0 Å². The summed E-state index contributed by atoms with van der Waals surface area (Å²) in [4.78, 5) is 3.86. The van der Waals surface area contributed by atoms with Crippen molar-refractivity contribution in [3.8, 4) is 0 Å².